The van der Waals surface area contributed by atoms with Gasteiger partial charge >= 0.3 is 51.0 Å². The summed E-state index contributed by atoms with van der Waals surface area (Å²) in [6.07, 6.45) is -31.0. The molecule has 0 bridgehead atoms. The van der Waals surface area contributed by atoms with Crippen LogP contribution in [0.1, 0.15) is 27.2 Å². The molecule has 41 heavy (non-hydrogen) atoms. The minimum atomic E-state index is -7.72. The first-order valence-electron chi connectivity index (χ1n) is 10.9. The second-order valence-electron chi connectivity index (χ2n) is 7.44. The van der Waals surface area contributed by atoms with Crippen molar-refractivity contribution in [2.24, 2.45) is 0 Å². The van der Waals surface area contributed by atoms with Crippen LogP contribution >= 0.6 is 0 Å². The Balaban J connectivity index is 6.00. The van der Waals surface area contributed by atoms with Crippen LogP contribution in [0.5, 0.6) is 0 Å². The predicted octanol–water partition coefficient (Wildman–Crippen LogP) is 4.96. The molecule has 0 saturated carbocycles. The van der Waals surface area contributed by atoms with Crippen LogP contribution in [-0.4, -0.2) is 89.6 Å². The summed E-state index contributed by atoms with van der Waals surface area (Å²) in [6.45, 7) is 3.62. The number of hydrogen-bond acceptors (Lipinski definition) is 7. The van der Waals surface area contributed by atoms with Gasteiger partial charge in [-0.25, -0.2) is 0 Å². The number of alkyl halides is 14. The van der Waals surface area contributed by atoms with Gasteiger partial charge in [0.25, 0.3) is 12.2 Å². The third-order valence-corrected chi connectivity index (χ3v) is 7.61. The summed E-state index contributed by atoms with van der Waals surface area (Å²) in [7, 11) is -3.48. The van der Waals surface area contributed by atoms with Crippen LogP contribution in [0.3, 0.4) is 0 Å². The fraction of sp³-hybridized carbons (Fsp3) is 0.889. The van der Waals surface area contributed by atoms with E-state index in [2.05, 4.69) is 0 Å². The summed E-state index contributed by atoms with van der Waals surface area (Å²) in [4.78, 5) is 21.7. The lowest BCUT2D eigenvalue weighted by Crippen LogP contribution is -2.67. The molecule has 2 atom stereocenters. The Labute approximate surface area is 222 Å². The van der Waals surface area contributed by atoms with E-state index >= 15 is 0 Å². The maximum atomic E-state index is 14.2. The first kappa shape index (κ1) is 39.2. The zero-order valence-electron chi connectivity index (χ0n) is 20.9. The fourth-order valence-corrected chi connectivity index (χ4v) is 5.27. The first-order chi connectivity index (χ1) is 18.3. The molecule has 8 nitrogen and oxygen atoms in total. The summed E-state index contributed by atoms with van der Waals surface area (Å²) in [5, 5.41) is 1.08. The number of ether oxygens (including phenoxy) is 2. The van der Waals surface area contributed by atoms with E-state index in [0.29, 0.717) is 0 Å². The monoisotopic (exact) mass is 658 g/mol. The topological polar surface area (TPSA) is 92.3 Å². The van der Waals surface area contributed by atoms with E-state index in [1.807, 2.05) is 9.47 Å². The van der Waals surface area contributed by atoms with Crippen molar-refractivity contribution in [2.45, 2.75) is 75.4 Å². The van der Waals surface area contributed by atoms with Crippen molar-refractivity contribution < 1.29 is 93.8 Å². The molecule has 0 aliphatic carbocycles. The van der Waals surface area contributed by atoms with Gasteiger partial charge in [-0.1, -0.05) is 0 Å². The van der Waals surface area contributed by atoms with Gasteiger partial charge in [-0.3, -0.25) is 19.1 Å². The molecule has 1 amide bonds. The van der Waals surface area contributed by atoms with E-state index in [4.69, 9.17) is 13.3 Å². The summed E-state index contributed by atoms with van der Waals surface area (Å²) in [5.74, 6) is -24.2. The molecule has 243 valence electrons. The van der Waals surface area contributed by atoms with E-state index in [9.17, 15) is 71.1 Å². The Morgan fingerprint density at radius 3 is 1.49 bits per heavy atom. The lowest BCUT2D eigenvalue weighted by Gasteiger charge is -2.38. The first-order valence-corrected chi connectivity index (χ1v) is 12.9. The Morgan fingerprint density at radius 1 is 0.707 bits per heavy atom. The maximum absolute atomic E-state index is 14.2. The van der Waals surface area contributed by atoms with Gasteiger partial charge in [0.05, 0.1) is 0 Å². The van der Waals surface area contributed by atoms with E-state index in [0.717, 1.165) is 5.32 Å². The van der Waals surface area contributed by atoms with E-state index in [-0.39, 0.29) is 25.9 Å². The maximum Gasteiger partial charge on any atom is 0.500 e. The zero-order chi connectivity index (χ0) is 32.8. The Morgan fingerprint density at radius 2 is 1.15 bits per heavy atom. The lowest BCUT2D eigenvalue weighted by atomic mass is 10.2. The number of nitrogens with one attached hydrogen (secondary N) is 1. The highest BCUT2D eigenvalue weighted by Gasteiger charge is 2.83. The average molecular weight is 658 g/mol. The van der Waals surface area contributed by atoms with Crippen LogP contribution in [0.4, 0.5) is 61.5 Å². The molecule has 0 saturated heterocycles. The van der Waals surface area contributed by atoms with Crippen molar-refractivity contribution in [1.82, 2.24) is 5.32 Å². The van der Waals surface area contributed by atoms with Gasteiger partial charge in [0, 0.05) is 32.4 Å². The largest absolute Gasteiger partial charge is 0.500 e. The Hall–Kier alpha value is -1.82. The summed E-state index contributed by atoms with van der Waals surface area (Å²) >= 11 is 0. The van der Waals surface area contributed by atoms with Crippen LogP contribution < -0.4 is 5.32 Å². The van der Waals surface area contributed by atoms with Gasteiger partial charge in [-0.2, -0.15) is 61.5 Å². The minimum Gasteiger partial charge on any atom is -0.374 e. The van der Waals surface area contributed by atoms with Gasteiger partial charge in [-0.05, 0) is 27.2 Å². The smallest absolute Gasteiger partial charge is 0.374 e. The summed E-state index contributed by atoms with van der Waals surface area (Å²) in [6, 6.07) is -0.246. The molecule has 1 radical (unpaired) electrons. The van der Waals surface area contributed by atoms with Gasteiger partial charge in [0.1, 0.15) is 0 Å². The highest BCUT2D eigenvalue weighted by atomic mass is 28.4. The highest BCUT2D eigenvalue weighted by molar-refractivity contribution is 6.60. The molecule has 0 aliphatic heterocycles. The number of carbonyl (C=O) groups is 1. The molecular weight excluding hydrogens is 636 g/mol. The van der Waals surface area contributed by atoms with Crippen LogP contribution in [0.25, 0.3) is 0 Å². The molecule has 0 aromatic carbocycles. The lowest BCUT2D eigenvalue weighted by molar-refractivity contribution is -0.533. The second-order valence-corrected chi connectivity index (χ2v) is 10.2. The number of rotatable bonds is 18. The molecule has 0 rings (SSSR count). The molecule has 0 aromatic heterocycles. The zero-order valence-corrected chi connectivity index (χ0v) is 21.9. The quantitative estimate of drug-likeness (QED) is 0.127. The van der Waals surface area contributed by atoms with Crippen LogP contribution in [0.2, 0.25) is 6.04 Å². The normalized spacial score (nSPS) is 17.1. The van der Waals surface area contributed by atoms with Crippen molar-refractivity contribution >= 4 is 21.0 Å². The van der Waals surface area contributed by atoms with Gasteiger partial charge < -0.3 is 18.6 Å². The Bertz CT molecular complexity index is 859. The number of carbonyl (C=O) groups excluding carboxylic acids is 2. The standard InChI is InChI=1S/C18H22F14NO7Si/c1-4-36-41(37-5-2,38-6-3)9-7-8-33-11(35)13(20,21)17(29,30)40-14(22,16(26,27)28)18(31,32)39-12(19,10-34)15(23,24)25/h4-9H2,1-3H3,(H,33,35). The SMILES string of the molecule is CCO[Si](CCCNC(=O)C(F)(F)C(F)(F)OC(F)(C(F)(F)F)C(F)(F)OC(F)([C]=O)C(F)(F)F)(OCC)OCC. The van der Waals surface area contributed by atoms with Crippen molar-refractivity contribution in [3.63, 3.8) is 0 Å². The minimum absolute atomic E-state index is 0.0239. The second kappa shape index (κ2) is 13.6. The molecule has 0 aliphatic rings. The average Bonchev–Trinajstić information content (AvgIpc) is 2.79. The third kappa shape index (κ3) is 8.84. The third-order valence-electron chi connectivity index (χ3n) is 4.46. The molecule has 0 spiro atoms. The molecule has 23 heteroatoms. The molecule has 2 unspecified atom stereocenters. The van der Waals surface area contributed by atoms with Crippen molar-refractivity contribution in [1.29, 1.82) is 0 Å². The van der Waals surface area contributed by atoms with Crippen molar-refractivity contribution in [2.75, 3.05) is 26.4 Å². The van der Waals surface area contributed by atoms with Crippen LogP contribution in [-0.2, 0) is 32.3 Å². The Kier molecular flexibility index (Phi) is 13.0. The molecule has 0 fully saturated rings. The van der Waals surface area contributed by atoms with E-state index in [1.165, 1.54) is 20.8 Å². The molecular formula is C18H22F14NO7Si. The van der Waals surface area contributed by atoms with Crippen molar-refractivity contribution in [3.05, 3.63) is 0 Å². The number of amides is 1. The van der Waals surface area contributed by atoms with E-state index < -0.39 is 76.2 Å². The molecule has 0 aromatic rings. The van der Waals surface area contributed by atoms with Crippen LogP contribution in [0, 0.1) is 0 Å². The van der Waals surface area contributed by atoms with Gasteiger partial charge in [0.2, 0.25) is 0 Å². The van der Waals surface area contributed by atoms with Gasteiger partial charge in [0.15, 0.2) is 0 Å². The van der Waals surface area contributed by atoms with E-state index in [1.54, 1.807) is 0 Å². The van der Waals surface area contributed by atoms with Crippen molar-refractivity contribution in [3.8, 4) is 0 Å². The predicted molar refractivity (Wildman–Crippen MR) is 106 cm³/mol. The van der Waals surface area contributed by atoms with Gasteiger partial charge in [-0.15, -0.1) is 0 Å². The van der Waals surface area contributed by atoms with Crippen LogP contribution in [0.15, 0.2) is 0 Å². The number of hydrogen-bond donors (Lipinski definition) is 1. The highest BCUT2D eigenvalue weighted by Crippen LogP contribution is 2.54. The summed E-state index contributed by atoms with van der Waals surface area (Å²) < 4.78 is 207. The molecule has 0 heterocycles. The molecule has 1 N–H and O–H groups in total. The number of halogens is 14. The fourth-order valence-electron chi connectivity index (χ4n) is 2.65. The summed E-state index contributed by atoms with van der Waals surface area (Å²) in [5.41, 5.74) is 0.